The first-order valence-electron chi connectivity index (χ1n) is 3.21. The molecule has 0 radical (unpaired) electrons. The van der Waals surface area contributed by atoms with Crippen molar-refractivity contribution in [2.75, 3.05) is 0 Å². The molecule has 1 rings (SSSR count). The second-order valence-electron chi connectivity index (χ2n) is 2.19. The maximum atomic E-state index is 12.0. The Labute approximate surface area is 71.1 Å². The summed E-state index contributed by atoms with van der Waals surface area (Å²) >= 11 is 0. The van der Waals surface area contributed by atoms with Crippen molar-refractivity contribution in [3.05, 3.63) is 34.7 Å². The van der Waals surface area contributed by atoms with Crippen LogP contribution < -0.4 is 4.84 Å². The van der Waals surface area contributed by atoms with E-state index in [9.17, 15) is 18.1 Å². The van der Waals surface area contributed by atoms with E-state index in [1.165, 1.54) is 6.07 Å². The van der Waals surface area contributed by atoms with Crippen LogP contribution in [0.5, 0.6) is 5.75 Å². The van der Waals surface area contributed by atoms with Gasteiger partial charge in [0.05, 0.1) is 5.56 Å². The Morgan fingerprint density at radius 2 is 2.00 bits per heavy atom. The Balaban J connectivity index is 2.98. The first-order chi connectivity index (χ1) is 6.04. The van der Waals surface area contributed by atoms with Crippen LogP contribution in [0.1, 0.15) is 5.56 Å². The molecule has 3 nitrogen and oxygen atoms in total. The monoisotopic (exact) mass is 191 g/mol. The van der Waals surface area contributed by atoms with Crippen molar-refractivity contribution >= 4 is 0 Å². The highest BCUT2D eigenvalue weighted by Gasteiger charge is 2.30. The Bertz CT molecular complexity index is 311. The minimum Gasteiger partial charge on any atom is -0.324 e. The number of alkyl halides is 3. The first-order valence-corrected chi connectivity index (χ1v) is 3.21. The molecule has 1 aromatic rings. The van der Waals surface area contributed by atoms with Gasteiger partial charge in [0.25, 0.3) is 0 Å². The van der Waals surface area contributed by atoms with Gasteiger partial charge >= 0.3 is 6.18 Å². The average Bonchev–Trinajstić information content (AvgIpc) is 2.04. The molecule has 13 heavy (non-hydrogen) atoms. The molecular formula is C7H4F3NO2. The van der Waals surface area contributed by atoms with Crippen LogP contribution in [-0.2, 0) is 6.18 Å². The van der Waals surface area contributed by atoms with Gasteiger partial charge in [0.15, 0.2) is 11.1 Å². The van der Waals surface area contributed by atoms with Crippen LogP contribution in [0.3, 0.4) is 0 Å². The van der Waals surface area contributed by atoms with Gasteiger partial charge in [-0.2, -0.15) is 13.2 Å². The summed E-state index contributed by atoms with van der Waals surface area (Å²) in [5, 5.41) is 2.01. The van der Waals surface area contributed by atoms with Gasteiger partial charge in [0.2, 0.25) is 0 Å². The molecule has 0 saturated carbocycles. The van der Waals surface area contributed by atoms with Crippen LogP contribution in [0.25, 0.3) is 0 Å². The lowest BCUT2D eigenvalue weighted by atomic mass is 10.2. The molecule has 0 aliphatic carbocycles. The van der Waals surface area contributed by atoms with E-state index in [0.29, 0.717) is 6.07 Å². The van der Waals surface area contributed by atoms with Crippen LogP contribution >= 0.6 is 0 Å². The third-order valence-corrected chi connectivity index (χ3v) is 1.30. The molecule has 0 spiro atoms. The predicted molar refractivity (Wildman–Crippen MR) is 37.9 cm³/mol. The molecule has 0 N–H and O–H groups in total. The Hall–Kier alpha value is -1.59. The van der Waals surface area contributed by atoms with Crippen molar-refractivity contribution in [1.82, 2.24) is 0 Å². The summed E-state index contributed by atoms with van der Waals surface area (Å²) in [6.07, 6.45) is -4.44. The van der Waals surface area contributed by atoms with E-state index in [2.05, 4.69) is 4.84 Å². The fraction of sp³-hybridized carbons (Fsp3) is 0.143. The summed E-state index contributed by atoms with van der Waals surface area (Å²) in [7, 11) is 0. The Kier molecular flexibility index (Phi) is 2.50. The lowest BCUT2D eigenvalue weighted by molar-refractivity contribution is -0.137. The summed E-state index contributed by atoms with van der Waals surface area (Å²) in [5.41, 5.74) is -0.881. The fourth-order valence-electron chi connectivity index (χ4n) is 0.772. The van der Waals surface area contributed by atoms with Crippen molar-refractivity contribution in [3.8, 4) is 5.75 Å². The normalized spacial score (nSPS) is 11.0. The lowest BCUT2D eigenvalue weighted by Gasteiger charge is -2.05. The number of nitrogens with zero attached hydrogens (tertiary/aromatic N) is 1. The van der Waals surface area contributed by atoms with Gasteiger partial charge in [0, 0.05) is 0 Å². The molecule has 1 aromatic carbocycles. The quantitative estimate of drug-likeness (QED) is 0.532. The highest BCUT2D eigenvalue weighted by Crippen LogP contribution is 2.31. The van der Waals surface area contributed by atoms with E-state index >= 15 is 0 Å². The molecule has 0 fully saturated rings. The largest absolute Gasteiger partial charge is 0.416 e. The molecular weight excluding hydrogens is 187 g/mol. The number of hydrogen-bond acceptors (Lipinski definition) is 3. The fourth-order valence-corrected chi connectivity index (χ4v) is 0.772. The zero-order valence-electron chi connectivity index (χ0n) is 6.21. The zero-order chi connectivity index (χ0) is 9.90. The standard InChI is InChI=1S/C7H4F3NO2/c8-7(9,10)5-2-1-3-6(4-5)13-11-12/h1-4H. The van der Waals surface area contributed by atoms with Crippen LogP contribution in [0.4, 0.5) is 13.2 Å². The molecule has 0 amide bonds. The second-order valence-corrected chi connectivity index (χ2v) is 2.19. The van der Waals surface area contributed by atoms with Crippen LogP contribution in [-0.4, -0.2) is 0 Å². The summed E-state index contributed by atoms with van der Waals surface area (Å²) in [4.78, 5) is 13.6. The summed E-state index contributed by atoms with van der Waals surface area (Å²) in [5.74, 6) is -0.232. The van der Waals surface area contributed by atoms with Crippen LogP contribution in [0.2, 0.25) is 0 Å². The third-order valence-electron chi connectivity index (χ3n) is 1.30. The molecule has 0 aliphatic rings. The van der Waals surface area contributed by atoms with E-state index in [0.717, 1.165) is 12.1 Å². The van der Waals surface area contributed by atoms with Gasteiger partial charge in [0.1, 0.15) is 0 Å². The van der Waals surface area contributed by atoms with Crippen molar-refractivity contribution in [2.45, 2.75) is 6.18 Å². The number of hydrogen-bond donors (Lipinski definition) is 0. The number of rotatable bonds is 2. The molecule has 0 atom stereocenters. The minimum absolute atomic E-state index is 0.232. The van der Waals surface area contributed by atoms with Gasteiger partial charge in [-0.05, 0) is 18.2 Å². The number of benzene rings is 1. The van der Waals surface area contributed by atoms with Gasteiger partial charge in [-0.25, -0.2) is 0 Å². The molecule has 0 heterocycles. The van der Waals surface area contributed by atoms with E-state index in [-0.39, 0.29) is 5.75 Å². The maximum absolute atomic E-state index is 12.0. The van der Waals surface area contributed by atoms with Gasteiger partial charge in [-0.3, -0.25) is 0 Å². The average molecular weight is 191 g/mol. The first kappa shape index (κ1) is 9.50. The molecule has 0 unspecified atom stereocenters. The molecule has 0 bridgehead atoms. The highest BCUT2D eigenvalue weighted by atomic mass is 19.4. The molecule has 70 valence electrons. The maximum Gasteiger partial charge on any atom is 0.416 e. The summed E-state index contributed by atoms with van der Waals surface area (Å²) in [6, 6.07) is 3.90. The van der Waals surface area contributed by atoms with Crippen molar-refractivity contribution in [3.63, 3.8) is 0 Å². The Morgan fingerprint density at radius 3 is 2.54 bits per heavy atom. The van der Waals surface area contributed by atoms with E-state index < -0.39 is 11.7 Å². The van der Waals surface area contributed by atoms with E-state index in [1.807, 2.05) is 5.34 Å². The van der Waals surface area contributed by atoms with Gasteiger partial charge in [-0.15, -0.1) is 4.91 Å². The second kappa shape index (κ2) is 3.42. The van der Waals surface area contributed by atoms with Crippen molar-refractivity contribution in [2.24, 2.45) is 5.34 Å². The summed E-state index contributed by atoms with van der Waals surface area (Å²) < 4.78 is 36.1. The molecule has 0 aromatic heterocycles. The van der Waals surface area contributed by atoms with Crippen LogP contribution in [0, 0.1) is 4.91 Å². The van der Waals surface area contributed by atoms with E-state index in [4.69, 9.17) is 0 Å². The minimum atomic E-state index is -4.44. The lowest BCUT2D eigenvalue weighted by Crippen LogP contribution is -2.04. The molecule has 6 heteroatoms. The zero-order valence-corrected chi connectivity index (χ0v) is 6.21. The SMILES string of the molecule is O=NOc1cccc(C(F)(F)F)c1. The van der Waals surface area contributed by atoms with Crippen molar-refractivity contribution in [1.29, 1.82) is 0 Å². The summed E-state index contributed by atoms with van der Waals surface area (Å²) in [6.45, 7) is 0. The van der Waals surface area contributed by atoms with Gasteiger partial charge in [-0.1, -0.05) is 6.07 Å². The predicted octanol–water partition coefficient (Wildman–Crippen LogP) is 2.77. The smallest absolute Gasteiger partial charge is 0.324 e. The Morgan fingerprint density at radius 1 is 1.31 bits per heavy atom. The topological polar surface area (TPSA) is 38.7 Å². The molecule has 0 aliphatic heterocycles. The van der Waals surface area contributed by atoms with Gasteiger partial charge < -0.3 is 4.84 Å². The van der Waals surface area contributed by atoms with Crippen molar-refractivity contribution < 1.29 is 18.0 Å². The van der Waals surface area contributed by atoms with Crippen LogP contribution in [0.15, 0.2) is 29.6 Å². The van der Waals surface area contributed by atoms with E-state index in [1.54, 1.807) is 0 Å². The molecule has 0 saturated heterocycles. The number of halogens is 3. The third kappa shape index (κ3) is 2.43. The highest BCUT2D eigenvalue weighted by molar-refractivity contribution is 5.29.